The van der Waals surface area contributed by atoms with E-state index in [0.29, 0.717) is 29.2 Å². The van der Waals surface area contributed by atoms with Gasteiger partial charge in [-0.25, -0.2) is 0 Å². The smallest absolute Gasteiger partial charge is 0.264 e. The zero-order valence-corrected chi connectivity index (χ0v) is 22.8. The number of benzene rings is 2. The monoisotopic (exact) mass is 530 g/mol. The van der Waals surface area contributed by atoms with Gasteiger partial charge in [-0.1, -0.05) is 42.8 Å². The van der Waals surface area contributed by atoms with Crippen molar-refractivity contribution in [1.82, 2.24) is 4.90 Å². The van der Waals surface area contributed by atoms with Crippen molar-refractivity contribution in [3.8, 4) is 0 Å². The maximum Gasteiger partial charge on any atom is 0.264 e. The van der Waals surface area contributed by atoms with Gasteiger partial charge in [-0.2, -0.15) is 0 Å². The normalized spacial score (nSPS) is 29.6. The molecule has 3 aliphatic rings. The Bertz CT molecular complexity index is 1220. The van der Waals surface area contributed by atoms with Gasteiger partial charge in [-0.15, -0.1) is 0 Å². The summed E-state index contributed by atoms with van der Waals surface area (Å²) in [4.78, 5) is 30.6. The van der Waals surface area contributed by atoms with Gasteiger partial charge >= 0.3 is 0 Å². The molecular weight excluding hydrogens is 499 g/mol. The van der Waals surface area contributed by atoms with Crippen molar-refractivity contribution in [3.05, 3.63) is 64.2 Å². The molecule has 0 saturated carbocycles. The number of likely N-dealkylation sites (N-methyl/N-ethyl adjacent to an activating group) is 1. The van der Waals surface area contributed by atoms with Crippen molar-refractivity contribution in [2.24, 2.45) is 5.92 Å². The van der Waals surface area contributed by atoms with Crippen LogP contribution in [0.2, 0.25) is 23.7 Å². The van der Waals surface area contributed by atoms with Crippen molar-refractivity contribution in [2.45, 2.75) is 62.7 Å². The number of fused-ring (bicyclic) bond motifs is 3. The number of halogens is 2. The third-order valence-electron chi connectivity index (χ3n) is 8.32. The van der Waals surface area contributed by atoms with Gasteiger partial charge in [-0.3, -0.25) is 9.59 Å². The maximum atomic E-state index is 15.9. The molecule has 2 amide bonds. The van der Waals surface area contributed by atoms with Crippen molar-refractivity contribution in [2.75, 3.05) is 18.6 Å². The van der Waals surface area contributed by atoms with E-state index in [-0.39, 0.29) is 30.9 Å². The van der Waals surface area contributed by atoms with E-state index in [1.807, 2.05) is 31.2 Å². The summed E-state index contributed by atoms with van der Waals surface area (Å²) in [6, 6.07) is 12.8. The highest BCUT2D eigenvalue weighted by molar-refractivity contribution is 6.72. The first kappa shape index (κ1) is 25.4. The summed E-state index contributed by atoms with van der Waals surface area (Å²) in [6.07, 6.45) is -0.257. The van der Waals surface area contributed by atoms with Crippen LogP contribution in [-0.2, 0) is 32.9 Å². The standard InChI is InChI=1S/C27H32ClFN2O4Si/c1-16-25(36(3,4)29)23(35-27(16)21-12-19(28)9-10-22(21)30(2)26(27)34)13-24(33)31-14-18-8-6-5-7-17(18)11-20(31)15-32/h5-10,12,16,20,23,25,32H,11,13-15H2,1-4H3/t16-,20+,23+,25-,27+/m1/s1. The van der Waals surface area contributed by atoms with Crippen molar-refractivity contribution in [1.29, 1.82) is 0 Å². The highest BCUT2D eigenvalue weighted by Gasteiger charge is 2.66. The Labute approximate surface area is 217 Å². The van der Waals surface area contributed by atoms with Crippen molar-refractivity contribution < 1.29 is 23.5 Å². The quantitative estimate of drug-likeness (QED) is 0.469. The molecule has 2 aromatic rings. The minimum absolute atomic E-state index is 0.0529. The van der Waals surface area contributed by atoms with E-state index in [4.69, 9.17) is 16.3 Å². The Balaban J connectivity index is 1.49. The van der Waals surface area contributed by atoms with Gasteiger partial charge in [0, 0.05) is 35.6 Å². The molecule has 5 rings (SSSR count). The van der Waals surface area contributed by atoms with Crippen LogP contribution in [0.1, 0.15) is 30.0 Å². The van der Waals surface area contributed by atoms with Crippen molar-refractivity contribution in [3.63, 3.8) is 0 Å². The van der Waals surface area contributed by atoms with E-state index in [1.165, 1.54) is 0 Å². The largest absolute Gasteiger partial charge is 0.394 e. The molecule has 0 aliphatic carbocycles. The molecule has 9 heteroatoms. The van der Waals surface area contributed by atoms with E-state index in [0.717, 1.165) is 11.1 Å². The highest BCUT2D eigenvalue weighted by Crippen LogP contribution is 2.60. The Morgan fingerprint density at radius 3 is 2.61 bits per heavy atom. The number of carbonyl (C=O) groups excluding carboxylic acids is 2. The number of carbonyl (C=O) groups is 2. The molecular formula is C27H32ClFN2O4Si. The summed E-state index contributed by atoms with van der Waals surface area (Å²) < 4.78 is 22.4. The highest BCUT2D eigenvalue weighted by atomic mass is 35.5. The summed E-state index contributed by atoms with van der Waals surface area (Å²) in [7, 11) is -1.70. The Hall–Kier alpha value is -2.26. The topological polar surface area (TPSA) is 70.1 Å². The molecule has 192 valence electrons. The molecule has 0 unspecified atom stereocenters. The van der Waals surface area contributed by atoms with E-state index in [1.54, 1.807) is 48.1 Å². The lowest BCUT2D eigenvalue weighted by molar-refractivity contribution is -0.150. The fourth-order valence-electron chi connectivity index (χ4n) is 6.66. The van der Waals surface area contributed by atoms with Gasteiger partial charge in [0.1, 0.15) is 0 Å². The molecule has 6 nitrogen and oxygen atoms in total. The van der Waals surface area contributed by atoms with Gasteiger partial charge in [0.25, 0.3) is 5.91 Å². The fourth-order valence-corrected chi connectivity index (χ4v) is 9.32. The molecule has 3 aliphatic heterocycles. The number of aliphatic hydroxyl groups is 1. The Kier molecular flexibility index (Phi) is 6.30. The molecule has 1 N–H and O–H groups in total. The lowest BCUT2D eigenvalue weighted by Crippen LogP contribution is -2.48. The molecule has 1 spiro atoms. The number of nitrogens with zero attached hydrogens (tertiary/aromatic N) is 2. The number of hydrogen-bond donors (Lipinski definition) is 1. The zero-order chi connectivity index (χ0) is 26.0. The minimum Gasteiger partial charge on any atom is -0.394 e. The number of hydrogen-bond acceptors (Lipinski definition) is 4. The first-order valence-electron chi connectivity index (χ1n) is 12.4. The van der Waals surface area contributed by atoms with Crippen LogP contribution in [0.4, 0.5) is 9.80 Å². The molecule has 3 heterocycles. The van der Waals surface area contributed by atoms with Crippen LogP contribution in [0.3, 0.4) is 0 Å². The molecule has 0 radical (unpaired) electrons. The lowest BCUT2D eigenvalue weighted by Gasteiger charge is -2.37. The molecule has 0 bridgehead atoms. The summed E-state index contributed by atoms with van der Waals surface area (Å²) in [5.74, 6) is -0.941. The molecule has 0 aromatic heterocycles. The van der Waals surface area contributed by atoms with E-state index in [9.17, 15) is 14.7 Å². The third-order valence-corrected chi connectivity index (χ3v) is 11.0. The zero-order valence-electron chi connectivity index (χ0n) is 21.0. The van der Waals surface area contributed by atoms with Gasteiger partial charge in [0.2, 0.25) is 14.3 Å². The molecule has 2 aromatic carbocycles. The summed E-state index contributed by atoms with van der Waals surface area (Å²) in [5.41, 5.74) is 1.52. The summed E-state index contributed by atoms with van der Waals surface area (Å²) in [6.45, 7) is 5.31. The van der Waals surface area contributed by atoms with Crippen molar-refractivity contribution >= 4 is 37.5 Å². The fraction of sp³-hybridized carbons (Fsp3) is 0.481. The maximum absolute atomic E-state index is 15.9. The summed E-state index contributed by atoms with van der Waals surface area (Å²) >= 11 is 6.31. The summed E-state index contributed by atoms with van der Waals surface area (Å²) in [5, 5.41) is 10.5. The van der Waals surface area contributed by atoms with Gasteiger partial charge in [0.15, 0.2) is 5.60 Å². The predicted molar refractivity (Wildman–Crippen MR) is 139 cm³/mol. The third kappa shape index (κ3) is 3.81. The van der Waals surface area contributed by atoms with Gasteiger partial charge < -0.3 is 23.8 Å². The molecule has 1 saturated heterocycles. The van der Waals surface area contributed by atoms with E-state index >= 15 is 4.11 Å². The van der Waals surface area contributed by atoms with Crippen LogP contribution in [0.25, 0.3) is 0 Å². The second kappa shape index (κ2) is 8.94. The van der Waals surface area contributed by atoms with Crippen LogP contribution in [-0.4, -0.2) is 56.0 Å². The number of anilines is 1. The molecule has 5 atom stereocenters. The number of ether oxygens (including phenoxy) is 1. The number of rotatable bonds is 4. The lowest BCUT2D eigenvalue weighted by atomic mass is 9.82. The molecule has 36 heavy (non-hydrogen) atoms. The Morgan fingerprint density at radius 1 is 1.25 bits per heavy atom. The average Bonchev–Trinajstić information content (AvgIpc) is 3.24. The number of aliphatic hydroxyl groups excluding tert-OH is 1. The molecule has 1 fully saturated rings. The Morgan fingerprint density at radius 2 is 1.94 bits per heavy atom. The van der Waals surface area contributed by atoms with Crippen LogP contribution >= 0.6 is 11.6 Å². The van der Waals surface area contributed by atoms with Crippen LogP contribution in [0.5, 0.6) is 0 Å². The second-order valence-corrected chi connectivity index (χ2v) is 15.1. The van der Waals surface area contributed by atoms with Gasteiger partial charge in [-0.05, 0) is 48.8 Å². The van der Waals surface area contributed by atoms with Crippen LogP contribution in [0.15, 0.2) is 42.5 Å². The van der Waals surface area contributed by atoms with Crippen LogP contribution in [0, 0.1) is 5.92 Å². The average molecular weight is 531 g/mol. The van der Waals surface area contributed by atoms with Gasteiger partial charge in [0.05, 0.1) is 30.9 Å². The first-order chi connectivity index (χ1) is 17.0. The first-order valence-corrected chi connectivity index (χ1v) is 15.7. The van der Waals surface area contributed by atoms with E-state index in [2.05, 4.69) is 0 Å². The predicted octanol–water partition coefficient (Wildman–Crippen LogP) is 4.43. The van der Waals surface area contributed by atoms with E-state index < -0.39 is 31.6 Å². The SMILES string of the molecule is C[C@@H]1[C@@H]([Si](C)(C)F)[C@H](CC(=O)N2Cc3ccccc3C[C@H]2CO)O[C@@]12C(=O)N(C)c1ccc(Cl)cc12. The van der Waals surface area contributed by atoms with Crippen LogP contribution < -0.4 is 4.90 Å². The minimum atomic E-state index is -3.38. The second-order valence-electron chi connectivity index (χ2n) is 10.8. The number of amides is 2.